The summed E-state index contributed by atoms with van der Waals surface area (Å²) in [6, 6.07) is 5.17. The summed E-state index contributed by atoms with van der Waals surface area (Å²) in [5.74, 6) is -0.0779. The molecule has 3 nitrogen and oxygen atoms in total. The molecular formula is C17H26BrNO2. The third-order valence-electron chi connectivity index (χ3n) is 3.50. The fraction of sp³-hybridized carbons (Fsp3) is 0.588. The Morgan fingerprint density at radius 2 is 1.95 bits per heavy atom. The number of nitrogens with one attached hydrogen (secondary N) is 1. The predicted molar refractivity (Wildman–Crippen MR) is 90.7 cm³/mol. The molecule has 0 atom stereocenters. The van der Waals surface area contributed by atoms with E-state index in [0.717, 1.165) is 29.0 Å². The summed E-state index contributed by atoms with van der Waals surface area (Å²) in [7, 11) is 0. The van der Waals surface area contributed by atoms with Crippen molar-refractivity contribution in [2.75, 3.05) is 6.54 Å². The molecule has 0 radical (unpaired) electrons. The van der Waals surface area contributed by atoms with Crippen molar-refractivity contribution in [3.63, 3.8) is 0 Å². The van der Waals surface area contributed by atoms with Crippen LogP contribution in [0.3, 0.4) is 0 Å². The highest BCUT2D eigenvalue weighted by Crippen LogP contribution is 2.18. The zero-order valence-electron chi connectivity index (χ0n) is 13.0. The molecule has 0 aromatic heterocycles. The van der Waals surface area contributed by atoms with Crippen LogP contribution in [0.15, 0.2) is 22.7 Å². The molecule has 21 heavy (non-hydrogen) atoms. The van der Waals surface area contributed by atoms with Crippen LogP contribution >= 0.6 is 15.9 Å². The maximum Gasteiger partial charge on any atom is 0.335 e. The molecule has 0 amide bonds. The van der Waals surface area contributed by atoms with Crippen molar-refractivity contribution < 1.29 is 9.90 Å². The molecule has 2 N–H and O–H groups in total. The molecule has 0 bridgehead atoms. The molecule has 0 aliphatic rings. The van der Waals surface area contributed by atoms with Gasteiger partial charge in [0.25, 0.3) is 0 Å². The molecule has 1 rings (SSSR count). The molecule has 0 aliphatic carbocycles. The van der Waals surface area contributed by atoms with Gasteiger partial charge in [-0.25, -0.2) is 4.79 Å². The van der Waals surface area contributed by atoms with E-state index < -0.39 is 5.97 Å². The Labute approximate surface area is 136 Å². The summed E-state index contributed by atoms with van der Waals surface area (Å²) in [5, 5.41) is 12.3. The largest absolute Gasteiger partial charge is 0.478 e. The van der Waals surface area contributed by atoms with Crippen molar-refractivity contribution >= 4 is 21.9 Å². The van der Waals surface area contributed by atoms with Gasteiger partial charge in [0.1, 0.15) is 0 Å². The fourth-order valence-electron chi connectivity index (χ4n) is 2.20. The standard InChI is InChI=1S/C17H26BrNO2/c1-13(2)7-5-3-4-6-10-19-12-15-9-8-14(17(20)21)11-16(15)18/h8-9,11,13,19H,3-7,10,12H2,1-2H3,(H,20,21). The molecule has 0 saturated carbocycles. The lowest BCUT2D eigenvalue weighted by atomic mass is 10.0. The number of benzene rings is 1. The number of carboxylic acid groups (broad SMARTS) is 1. The lowest BCUT2D eigenvalue weighted by Crippen LogP contribution is -2.15. The molecule has 0 heterocycles. The van der Waals surface area contributed by atoms with Gasteiger partial charge < -0.3 is 10.4 Å². The first-order valence-corrected chi connectivity index (χ1v) is 8.52. The van der Waals surface area contributed by atoms with E-state index >= 15 is 0 Å². The topological polar surface area (TPSA) is 49.3 Å². The van der Waals surface area contributed by atoms with Gasteiger partial charge in [-0.15, -0.1) is 0 Å². The number of carbonyl (C=O) groups is 1. The van der Waals surface area contributed by atoms with Crippen molar-refractivity contribution in [2.45, 2.75) is 52.5 Å². The normalized spacial score (nSPS) is 11.0. The number of aromatic carboxylic acids is 1. The second kappa shape index (κ2) is 9.96. The second-order valence-corrected chi connectivity index (χ2v) is 6.74. The molecule has 1 aromatic rings. The van der Waals surface area contributed by atoms with E-state index in [1.807, 2.05) is 6.07 Å². The van der Waals surface area contributed by atoms with Gasteiger partial charge in [-0.3, -0.25) is 0 Å². The first kappa shape index (κ1) is 18.2. The number of unbranched alkanes of at least 4 members (excludes halogenated alkanes) is 3. The van der Waals surface area contributed by atoms with E-state index in [1.165, 1.54) is 32.1 Å². The van der Waals surface area contributed by atoms with E-state index in [1.54, 1.807) is 12.1 Å². The molecule has 4 heteroatoms. The summed E-state index contributed by atoms with van der Waals surface area (Å²) in [6.45, 7) is 6.32. The third kappa shape index (κ3) is 7.63. The minimum absolute atomic E-state index is 0.316. The van der Waals surface area contributed by atoms with Crippen LogP contribution < -0.4 is 5.32 Å². The average Bonchev–Trinajstić information content (AvgIpc) is 2.42. The van der Waals surface area contributed by atoms with Crippen molar-refractivity contribution in [1.29, 1.82) is 0 Å². The molecule has 1 aromatic carbocycles. The summed E-state index contributed by atoms with van der Waals surface area (Å²) in [4.78, 5) is 10.9. The summed E-state index contributed by atoms with van der Waals surface area (Å²) in [5.41, 5.74) is 1.41. The Kier molecular flexibility index (Phi) is 8.62. The van der Waals surface area contributed by atoms with Crippen molar-refractivity contribution in [1.82, 2.24) is 5.32 Å². The van der Waals surface area contributed by atoms with Crippen LogP contribution in [0.4, 0.5) is 0 Å². The van der Waals surface area contributed by atoms with Crippen LogP contribution in [0.1, 0.15) is 61.9 Å². The quantitative estimate of drug-likeness (QED) is 0.590. The van der Waals surface area contributed by atoms with Gasteiger partial charge in [-0.1, -0.05) is 61.5 Å². The van der Waals surface area contributed by atoms with Crippen molar-refractivity contribution in [2.24, 2.45) is 5.92 Å². The van der Waals surface area contributed by atoms with Gasteiger partial charge in [-0.05, 0) is 36.6 Å². The van der Waals surface area contributed by atoms with Gasteiger partial charge in [0.2, 0.25) is 0 Å². The van der Waals surface area contributed by atoms with E-state index in [0.29, 0.717) is 5.56 Å². The van der Waals surface area contributed by atoms with Gasteiger partial charge in [0, 0.05) is 11.0 Å². The number of hydrogen-bond acceptors (Lipinski definition) is 2. The first-order chi connectivity index (χ1) is 10.0. The van der Waals surface area contributed by atoms with Crippen LogP contribution in [-0.2, 0) is 6.54 Å². The molecule has 0 aliphatic heterocycles. The molecule has 0 fully saturated rings. The highest BCUT2D eigenvalue weighted by Gasteiger charge is 2.06. The van der Waals surface area contributed by atoms with E-state index in [9.17, 15) is 4.79 Å². The summed E-state index contributed by atoms with van der Waals surface area (Å²) in [6.07, 6.45) is 6.45. The fourth-order valence-corrected chi connectivity index (χ4v) is 2.72. The zero-order chi connectivity index (χ0) is 15.7. The third-order valence-corrected chi connectivity index (χ3v) is 4.24. The molecule has 0 spiro atoms. The lowest BCUT2D eigenvalue weighted by molar-refractivity contribution is 0.0697. The average molecular weight is 356 g/mol. The van der Waals surface area contributed by atoms with Crippen LogP contribution in [0.2, 0.25) is 0 Å². The molecule has 0 saturated heterocycles. The number of carboxylic acids is 1. The number of halogens is 1. The maximum atomic E-state index is 10.9. The second-order valence-electron chi connectivity index (χ2n) is 5.88. The van der Waals surface area contributed by atoms with Crippen LogP contribution in [0, 0.1) is 5.92 Å². The lowest BCUT2D eigenvalue weighted by Gasteiger charge is -2.08. The zero-order valence-corrected chi connectivity index (χ0v) is 14.6. The van der Waals surface area contributed by atoms with E-state index in [-0.39, 0.29) is 0 Å². The highest BCUT2D eigenvalue weighted by molar-refractivity contribution is 9.10. The Morgan fingerprint density at radius 3 is 2.57 bits per heavy atom. The molecule has 118 valence electrons. The number of rotatable bonds is 10. The van der Waals surface area contributed by atoms with Gasteiger partial charge in [-0.2, -0.15) is 0 Å². The van der Waals surface area contributed by atoms with Gasteiger partial charge >= 0.3 is 5.97 Å². The number of hydrogen-bond donors (Lipinski definition) is 2. The Balaban J connectivity index is 2.17. The maximum absolute atomic E-state index is 10.9. The monoisotopic (exact) mass is 355 g/mol. The predicted octanol–water partition coefficient (Wildman–Crippen LogP) is 4.84. The molecule has 0 unspecified atom stereocenters. The molecular weight excluding hydrogens is 330 g/mol. The Hall–Kier alpha value is -0.870. The smallest absolute Gasteiger partial charge is 0.335 e. The summed E-state index contributed by atoms with van der Waals surface area (Å²) >= 11 is 3.43. The van der Waals surface area contributed by atoms with Crippen LogP contribution in [-0.4, -0.2) is 17.6 Å². The van der Waals surface area contributed by atoms with Crippen molar-refractivity contribution in [3.05, 3.63) is 33.8 Å². The van der Waals surface area contributed by atoms with Gasteiger partial charge in [0.15, 0.2) is 0 Å². The highest BCUT2D eigenvalue weighted by atomic mass is 79.9. The van der Waals surface area contributed by atoms with Crippen LogP contribution in [0.5, 0.6) is 0 Å². The van der Waals surface area contributed by atoms with E-state index in [4.69, 9.17) is 5.11 Å². The minimum Gasteiger partial charge on any atom is -0.478 e. The summed E-state index contributed by atoms with van der Waals surface area (Å²) < 4.78 is 0.854. The minimum atomic E-state index is -0.892. The van der Waals surface area contributed by atoms with E-state index in [2.05, 4.69) is 35.1 Å². The first-order valence-electron chi connectivity index (χ1n) is 7.73. The SMILES string of the molecule is CC(C)CCCCCCNCc1ccc(C(=O)O)cc1Br. The Morgan fingerprint density at radius 1 is 1.24 bits per heavy atom. The van der Waals surface area contributed by atoms with Crippen molar-refractivity contribution in [3.8, 4) is 0 Å². The van der Waals surface area contributed by atoms with Gasteiger partial charge in [0.05, 0.1) is 5.56 Å². The Bertz CT molecular complexity index is 446. The van der Waals surface area contributed by atoms with Crippen LogP contribution in [0.25, 0.3) is 0 Å².